The van der Waals surface area contributed by atoms with Gasteiger partial charge in [0.15, 0.2) is 21.4 Å². The topological polar surface area (TPSA) is 139 Å². The Morgan fingerprint density at radius 1 is 1.09 bits per heavy atom. The molecule has 4 rings (SSSR count). The normalized spacial score (nSPS) is 23.3. The maximum Gasteiger partial charge on any atom is 0.223 e. The molecule has 10 nitrogen and oxygen atoms in total. The van der Waals surface area contributed by atoms with Gasteiger partial charge >= 0.3 is 0 Å². The van der Waals surface area contributed by atoms with Crippen molar-refractivity contribution in [2.45, 2.75) is 81.8 Å². The Morgan fingerprint density at radius 2 is 1.77 bits per heavy atom. The molecule has 11 heteroatoms. The molecule has 0 bridgehead atoms. The lowest BCUT2D eigenvalue weighted by Gasteiger charge is -2.26. The van der Waals surface area contributed by atoms with Crippen molar-refractivity contribution in [3.63, 3.8) is 0 Å². The predicted octanol–water partition coefficient (Wildman–Crippen LogP) is 2.56. The summed E-state index contributed by atoms with van der Waals surface area (Å²) in [5.74, 6) is -1.65. The fraction of sp³-hybridized carbons (Fsp3) is 0.688. The molecule has 1 aliphatic carbocycles. The van der Waals surface area contributed by atoms with Crippen LogP contribution < -0.4 is 5.32 Å². The lowest BCUT2D eigenvalue weighted by molar-refractivity contribution is -0.134. The monoisotopic (exact) mass is 618 g/mol. The van der Waals surface area contributed by atoms with Crippen molar-refractivity contribution in [2.24, 2.45) is 17.8 Å². The van der Waals surface area contributed by atoms with Gasteiger partial charge in [0.25, 0.3) is 0 Å². The van der Waals surface area contributed by atoms with Gasteiger partial charge in [-0.1, -0.05) is 44.7 Å². The number of epoxide rings is 1. The van der Waals surface area contributed by atoms with Crippen LogP contribution in [0.5, 0.6) is 0 Å². The number of hydrogen-bond donors (Lipinski definition) is 1. The van der Waals surface area contributed by atoms with Crippen molar-refractivity contribution in [3.05, 3.63) is 29.8 Å². The quantitative estimate of drug-likeness (QED) is 0.277. The Hall–Kier alpha value is -2.47. The molecule has 3 fully saturated rings. The van der Waals surface area contributed by atoms with Gasteiger partial charge < -0.3 is 14.8 Å². The molecule has 2 saturated heterocycles. The zero-order valence-corrected chi connectivity index (χ0v) is 26.5. The van der Waals surface area contributed by atoms with E-state index in [9.17, 15) is 27.6 Å². The van der Waals surface area contributed by atoms with Crippen molar-refractivity contribution < 1.29 is 37.1 Å². The molecule has 1 N–H and O–H groups in total. The minimum Gasteiger partial charge on any atom is -0.379 e. The summed E-state index contributed by atoms with van der Waals surface area (Å²) in [6.07, 6.45) is 6.09. The highest BCUT2D eigenvalue weighted by molar-refractivity contribution is 7.90. The van der Waals surface area contributed by atoms with Crippen molar-refractivity contribution in [2.75, 3.05) is 45.7 Å². The first-order chi connectivity index (χ1) is 20.3. The number of amides is 1. The zero-order valence-electron chi connectivity index (χ0n) is 25.6. The minimum absolute atomic E-state index is 0.0324. The Labute approximate surface area is 255 Å². The van der Waals surface area contributed by atoms with Crippen LogP contribution in [0.25, 0.3) is 0 Å². The van der Waals surface area contributed by atoms with Gasteiger partial charge in [-0.25, -0.2) is 8.42 Å². The summed E-state index contributed by atoms with van der Waals surface area (Å²) in [7, 11) is -3.48. The number of rotatable bonds is 16. The van der Waals surface area contributed by atoms with E-state index >= 15 is 0 Å². The Morgan fingerprint density at radius 3 is 2.40 bits per heavy atom. The van der Waals surface area contributed by atoms with Gasteiger partial charge in [-0.05, 0) is 43.4 Å². The van der Waals surface area contributed by atoms with E-state index in [2.05, 4.69) is 5.32 Å². The predicted molar refractivity (Wildman–Crippen MR) is 160 cm³/mol. The molecular formula is C32H46N2O8S. The smallest absolute Gasteiger partial charge is 0.223 e. The molecule has 1 aromatic rings. The van der Waals surface area contributed by atoms with Crippen LogP contribution in [0.3, 0.4) is 0 Å². The van der Waals surface area contributed by atoms with Crippen LogP contribution in [-0.2, 0) is 44.9 Å². The number of carbonyl (C=O) groups is 4. The SMILES string of the molecule is C[C@H](CC(=O)CN1CCOCC1)C(=O)N[C@@H](Cc1cccc(S(C)(=O)=O)c1)C(=O)C[C@@H](CC1CCCC1)C(=O)[C@@]1(C)CO1. The van der Waals surface area contributed by atoms with Crippen LogP contribution in [0, 0.1) is 17.8 Å². The van der Waals surface area contributed by atoms with Crippen LogP contribution in [0.2, 0.25) is 0 Å². The van der Waals surface area contributed by atoms with Crippen LogP contribution in [0.4, 0.5) is 0 Å². The van der Waals surface area contributed by atoms with Gasteiger partial charge in [0.05, 0.1) is 37.3 Å². The molecule has 0 radical (unpaired) electrons. The summed E-state index contributed by atoms with van der Waals surface area (Å²) < 4.78 is 35.1. The molecule has 43 heavy (non-hydrogen) atoms. The van der Waals surface area contributed by atoms with E-state index in [0.29, 0.717) is 50.8 Å². The number of ether oxygens (including phenoxy) is 2. The van der Waals surface area contributed by atoms with E-state index in [4.69, 9.17) is 9.47 Å². The van der Waals surface area contributed by atoms with Crippen molar-refractivity contribution in [3.8, 4) is 0 Å². The summed E-state index contributed by atoms with van der Waals surface area (Å²) in [5, 5.41) is 2.86. The molecule has 2 heterocycles. The van der Waals surface area contributed by atoms with E-state index in [1.54, 1.807) is 26.0 Å². The summed E-state index contributed by atoms with van der Waals surface area (Å²) in [6.45, 7) is 6.49. The van der Waals surface area contributed by atoms with E-state index in [1.165, 1.54) is 12.1 Å². The molecule has 2 aliphatic heterocycles. The number of carbonyl (C=O) groups excluding carboxylic acids is 4. The van der Waals surface area contributed by atoms with Gasteiger partial charge in [0, 0.05) is 44.0 Å². The van der Waals surface area contributed by atoms with Crippen LogP contribution in [0.1, 0.15) is 64.4 Å². The van der Waals surface area contributed by atoms with E-state index in [-0.39, 0.29) is 48.1 Å². The molecule has 0 spiro atoms. The molecule has 238 valence electrons. The fourth-order valence-corrected chi connectivity index (χ4v) is 6.90. The highest BCUT2D eigenvalue weighted by Crippen LogP contribution is 2.37. The molecular weight excluding hydrogens is 572 g/mol. The number of morpholine rings is 1. The standard InChI is InChI=1S/C32H46N2O8S/c1-22(15-26(35)20-34-11-13-41-14-12-34)31(38)33-28(18-24-9-6-10-27(17-24)43(3,39)40)29(36)19-25(16-23-7-4-5-8-23)30(37)32(2)21-42-32/h6,9-10,17,22-23,25,28H,4-5,7-8,11-16,18-21H2,1-3H3,(H,33,38)/t22-,25-,28+,32-/m1/s1. The molecule has 0 aromatic heterocycles. The Balaban J connectivity index is 1.48. The third-order valence-corrected chi connectivity index (χ3v) is 10.1. The summed E-state index contributed by atoms with van der Waals surface area (Å²) >= 11 is 0. The number of Topliss-reactive ketones (excluding diaryl/α,β-unsaturated/α-hetero) is 3. The largest absolute Gasteiger partial charge is 0.379 e. The summed E-state index contributed by atoms with van der Waals surface area (Å²) in [5.41, 5.74) is -0.282. The van der Waals surface area contributed by atoms with Crippen LogP contribution in [-0.4, -0.2) is 93.9 Å². The van der Waals surface area contributed by atoms with Crippen molar-refractivity contribution >= 4 is 33.1 Å². The number of nitrogens with zero attached hydrogens (tertiary/aromatic N) is 1. The van der Waals surface area contributed by atoms with Gasteiger partial charge in [-0.3, -0.25) is 24.1 Å². The number of sulfone groups is 1. The lowest BCUT2D eigenvalue weighted by Crippen LogP contribution is -2.46. The number of hydrogen-bond acceptors (Lipinski definition) is 9. The first kappa shape index (κ1) is 33.4. The molecule has 3 aliphatic rings. The van der Waals surface area contributed by atoms with E-state index in [0.717, 1.165) is 31.9 Å². The maximum absolute atomic E-state index is 13.9. The molecule has 4 atom stereocenters. The fourth-order valence-electron chi connectivity index (χ4n) is 6.20. The lowest BCUT2D eigenvalue weighted by atomic mass is 9.81. The van der Waals surface area contributed by atoms with Gasteiger partial charge in [0.2, 0.25) is 5.91 Å². The molecule has 0 unspecified atom stereocenters. The molecule has 1 aromatic carbocycles. The average molecular weight is 619 g/mol. The third-order valence-electron chi connectivity index (χ3n) is 8.97. The number of benzene rings is 1. The second-order valence-corrected chi connectivity index (χ2v) is 14.9. The minimum atomic E-state index is -3.48. The highest BCUT2D eigenvalue weighted by atomic mass is 32.2. The second kappa shape index (κ2) is 14.5. The zero-order chi connectivity index (χ0) is 31.2. The average Bonchev–Trinajstić information content (AvgIpc) is 3.50. The van der Waals surface area contributed by atoms with Crippen molar-refractivity contribution in [1.29, 1.82) is 0 Å². The molecule has 1 amide bonds. The first-order valence-corrected chi connectivity index (χ1v) is 17.4. The van der Waals surface area contributed by atoms with Gasteiger partial charge in [-0.2, -0.15) is 0 Å². The summed E-state index contributed by atoms with van der Waals surface area (Å²) in [4.78, 5) is 55.5. The Kier molecular flexibility index (Phi) is 11.3. The first-order valence-electron chi connectivity index (χ1n) is 15.5. The van der Waals surface area contributed by atoms with Gasteiger partial charge in [0.1, 0.15) is 11.4 Å². The number of ketones is 3. The van der Waals surface area contributed by atoms with Gasteiger partial charge in [-0.15, -0.1) is 0 Å². The van der Waals surface area contributed by atoms with Crippen LogP contribution >= 0.6 is 0 Å². The van der Waals surface area contributed by atoms with E-state index in [1.807, 2.05) is 4.90 Å². The second-order valence-electron chi connectivity index (χ2n) is 12.9. The maximum atomic E-state index is 13.9. The highest BCUT2D eigenvalue weighted by Gasteiger charge is 2.50. The van der Waals surface area contributed by atoms with Crippen molar-refractivity contribution in [1.82, 2.24) is 10.2 Å². The Bertz CT molecular complexity index is 1280. The molecule has 1 saturated carbocycles. The van der Waals surface area contributed by atoms with E-state index < -0.39 is 39.2 Å². The summed E-state index contributed by atoms with van der Waals surface area (Å²) in [6, 6.07) is 5.35. The third kappa shape index (κ3) is 9.76. The van der Waals surface area contributed by atoms with Crippen LogP contribution in [0.15, 0.2) is 29.2 Å². The number of nitrogens with one attached hydrogen (secondary N) is 1.